The van der Waals surface area contributed by atoms with Crippen LogP contribution >= 0.6 is 15.9 Å². The zero-order valence-corrected chi connectivity index (χ0v) is 9.57. The van der Waals surface area contributed by atoms with Crippen molar-refractivity contribution in [3.8, 4) is 0 Å². The third-order valence-corrected chi connectivity index (χ3v) is 2.77. The molecule has 0 radical (unpaired) electrons. The molecule has 2 nitrogen and oxygen atoms in total. The van der Waals surface area contributed by atoms with Crippen LogP contribution in [0.5, 0.6) is 0 Å². The normalized spacial score (nSPS) is 29.3. The van der Waals surface area contributed by atoms with Crippen LogP contribution < -0.4 is 0 Å². The van der Waals surface area contributed by atoms with Gasteiger partial charge in [-0.1, -0.05) is 34.2 Å². The molecule has 0 saturated carbocycles. The Kier molecular flexibility index (Phi) is 2.87. The third-order valence-electron chi connectivity index (χ3n) is 2.24. The van der Waals surface area contributed by atoms with E-state index in [0.717, 1.165) is 10.2 Å². The van der Waals surface area contributed by atoms with Gasteiger partial charge in [0.05, 0.1) is 18.9 Å². The maximum Gasteiger partial charge on any atom is 0.133 e. The molecule has 0 aromatic heterocycles. The fourth-order valence-corrected chi connectivity index (χ4v) is 2.05. The summed E-state index contributed by atoms with van der Waals surface area (Å²) in [7, 11) is 0. The van der Waals surface area contributed by atoms with Crippen molar-refractivity contribution < 1.29 is 4.74 Å². The molecule has 2 aliphatic rings. The summed E-state index contributed by atoms with van der Waals surface area (Å²) in [4.78, 5) is 4.42. The first-order valence-electron chi connectivity index (χ1n) is 4.73. The lowest BCUT2D eigenvalue weighted by atomic mass is 9.93. The molecule has 74 valence electrons. The van der Waals surface area contributed by atoms with Crippen LogP contribution in [0.2, 0.25) is 0 Å². The molecule has 2 unspecified atom stereocenters. The van der Waals surface area contributed by atoms with Crippen molar-refractivity contribution >= 4 is 22.1 Å². The van der Waals surface area contributed by atoms with E-state index < -0.39 is 0 Å². The third kappa shape index (κ3) is 1.98. The van der Waals surface area contributed by atoms with Crippen LogP contribution in [0.3, 0.4) is 0 Å². The molecule has 1 aliphatic heterocycles. The number of ether oxygens (including phenoxy) is 1. The van der Waals surface area contributed by atoms with Crippen LogP contribution in [0.15, 0.2) is 39.5 Å². The van der Waals surface area contributed by atoms with Crippen molar-refractivity contribution in [3.63, 3.8) is 0 Å². The number of fused-ring (bicyclic) bond motifs is 1. The van der Waals surface area contributed by atoms with Crippen molar-refractivity contribution in [1.29, 1.82) is 0 Å². The topological polar surface area (TPSA) is 21.6 Å². The summed E-state index contributed by atoms with van der Waals surface area (Å²) in [6, 6.07) is 0.250. The summed E-state index contributed by atoms with van der Waals surface area (Å²) in [5.74, 6) is 1.21. The first-order valence-corrected chi connectivity index (χ1v) is 5.52. The molecule has 0 saturated heterocycles. The number of dihydropyridines is 1. The Labute approximate surface area is 92.2 Å². The number of nitrogens with zero attached hydrogens (tertiary/aromatic N) is 1. The van der Waals surface area contributed by atoms with Crippen LogP contribution in [0.1, 0.15) is 6.92 Å². The zero-order chi connectivity index (χ0) is 9.97. The molecule has 0 aromatic carbocycles. The Hall–Kier alpha value is -0.830. The highest BCUT2D eigenvalue weighted by molar-refractivity contribution is 9.11. The van der Waals surface area contributed by atoms with Gasteiger partial charge in [-0.2, -0.15) is 0 Å². The van der Waals surface area contributed by atoms with Gasteiger partial charge in [-0.15, -0.1) is 0 Å². The number of aliphatic imine (C=N–C) groups is 1. The van der Waals surface area contributed by atoms with Crippen LogP contribution in [0.4, 0.5) is 0 Å². The van der Waals surface area contributed by atoms with Crippen molar-refractivity contribution in [1.82, 2.24) is 0 Å². The van der Waals surface area contributed by atoms with Crippen LogP contribution in [0, 0.1) is 5.92 Å². The van der Waals surface area contributed by atoms with Gasteiger partial charge in [0.15, 0.2) is 0 Å². The molecule has 1 aliphatic carbocycles. The average Bonchev–Trinajstić information content (AvgIpc) is 2.17. The molecule has 2 atom stereocenters. The van der Waals surface area contributed by atoms with Gasteiger partial charge < -0.3 is 4.74 Å². The summed E-state index contributed by atoms with van der Waals surface area (Å²) in [6.07, 6.45) is 10.2. The van der Waals surface area contributed by atoms with E-state index >= 15 is 0 Å². The van der Waals surface area contributed by atoms with Crippen LogP contribution in [-0.2, 0) is 4.74 Å². The predicted octanol–water partition coefficient (Wildman–Crippen LogP) is 2.82. The lowest BCUT2D eigenvalue weighted by Crippen LogP contribution is -2.20. The van der Waals surface area contributed by atoms with E-state index in [0.29, 0.717) is 12.5 Å². The van der Waals surface area contributed by atoms with E-state index in [2.05, 4.69) is 39.2 Å². The fraction of sp³-hybridized carbons (Fsp3) is 0.364. The minimum atomic E-state index is 0.250. The van der Waals surface area contributed by atoms with Gasteiger partial charge in [0.2, 0.25) is 0 Å². The number of allylic oxidation sites excluding steroid dienone is 3. The van der Waals surface area contributed by atoms with Gasteiger partial charge >= 0.3 is 0 Å². The molecule has 0 N–H and O–H groups in total. The predicted molar refractivity (Wildman–Crippen MR) is 61.6 cm³/mol. The molecule has 0 spiro atoms. The summed E-state index contributed by atoms with van der Waals surface area (Å²) in [6.45, 7) is 2.67. The Bertz CT molecular complexity index is 341. The molecule has 1 heterocycles. The van der Waals surface area contributed by atoms with E-state index in [1.54, 1.807) is 0 Å². The van der Waals surface area contributed by atoms with Crippen molar-refractivity contribution in [3.05, 3.63) is 34.5 Å². The standard InChI is InChI=1S/C11H12BrNO/c1-2-14-10-6-8-5-9(12)3-4-11(8)13-7-10/h3-8,11H,2H2,1H3. The summed E-state index contributed by atoms with van der Waals surface area (Å²) >= 11 is 3.46. The highest BCUT2D eigenvalue weighted by atomic mass is 79.9. The van der Waals surface area contributed by atoms with Gasteiger partial charge in [-0.3, -0.25) is 4.99 Å². The second kappa shape index (κ2) is 4.13. The Morgan fingerprint density at radius 1 is 1.50 bits per heavy atom. The number of halogens is 1. The Balaban J connectivity index is 2.17. The van der Waals surface area contributed by atoms with Gasteiger partial charge in [0, 0.05) is 10.4 Å². The molecule has 3 heteroatoms. The SMILES string of the molecule is CCOC1=CC2C=C(Br)C=CC2N=C1. The van der Waals surface area contributed by atoms with E-state index in [4.69, 9.17) is 4.74 Å². The summed E-state index contributed by atoms with van der Waals surface area (Å²) in [5, 5.41) is 0. The lowest BCUT2D eigenvalue weighted by molar-refractivity contribution is 0.247. The van der Waals surface area contributed by atoms with Gasteiger partial charge in [0.1, 0.15) is 5.76 Å². The zero-order valence-electron chi connectivity index (χ0n) is 7.98. The van der Waals surface area contributed by atoms with Crippen LogP contribution in [0.25, 0.3) is 0 Å². The van der Waals surface area contributed by atoms with E-state index in [1.807, 2.05) is 19.2 Å². The Morgan fingerprint density at radius 3 is 3.14 bits per heavy atom. The Morgan fingerprint density at radius 2 is 2.36 bits per heavy atom. The van der Waals surface area contributed by atoms with Crippen LogP contribution in [-0.4, -0.2) is 18.9 Å². The molecule has 0 aromatic rings. The monoisotopic (exact) mass is 253 g/mol. The van der Waals surface area contributed by atoms with Gasteiger partial charge in [0.25, 0.3) is 0 Å². The highest BCUT2D eigenvalue weighted by Crippen LogP contribution is 2.27. The largest absolute Gasteiger partial charge is 0.493 e. The molecular formula is C11H12BrNO. The first-order chi connectivity index (χ1) is 6.79. The second-order valence-corrected chi connectivity index (χ2v) is 4.17. The van der Waals surface area contributed by atoms with Crippen molar-refractivity contribution in [2.45, 2.75) is 13.0 Å². The molecule has 0 fully saturated rings. The molecule has 0 bridgehead atoms. The molecule has 2 rings (SSSR count). The van der Waals surface area contributed by atoms with E-state index in [-0.39, 0.29) is 6.04 Å². The highest BCUT2D eigenvalue weighted by Gasteiger charge is 2.21. The van der Waals surface area contributed by atoms with Gasteiger partial charge in [-0.05, 0) is 13.0 Å². The smallest absolute Gasteiger partial charge is 0.133 e. The van der Waals surface area contributed by atoms with E-state index in [9.17, 15) is 0 Å². The summed E-state index contributed by atoms with van der Waals surface area (Å²) in [5.41, 5.74) is 0. The lowest BCUT2D eigenvalue weighted by Gasteiger charge is -2.23. The average molecular weight is 254 g/mol. The minimum Gasteiger partial charge on any atom is -0.493 e. The van der Waals surface area contributed by atoms with Crippen molar-refractivity contribution in [2.75, 3.05) is 6.61 Å². The number of hydrogen-bond acceptors (Lipinski definition) is 2. The summed E-state index contributed by atoms with van der Waals surface area (Å²) < 4.78 is 6.52. The molecule has 0 amide bonds. The fourth-order valence-electron chi connectivity index (χ4n) is 1.60. The maximum atomic E-state index is 5.41. The maximum absolute atomic E-state index is 5.41. The number of hydrogen-bond donors (Lipinski definition) is 0. The van der Waals surface area contributed by atoms with E-state index in [1.165, 1.54) is 0 Å². The quantitative estimate of drug-likeness (QED) is 0.742. The van der Waals surface area contributed by atoms with Crippen molar-refractivity contribution in [2.24, 2.45) is 10.9 Å². The molecule has 14 heavy (non-hydrogen) atoms. The molecular weight excluding hydrogens is 242 g/mol. The second-order valence-electron chi connectivity index (χ2n) is 3.26. The first kappa shape index (κ1) is 9.71. The van der Waals surface area contributed by atoms with Gasteiger partial charge in [-0.25, -0.2) is 0 Å². The minimum absolute atomic E-state index is 0.250. The number of rotatable bonds is 2.